The first-order valence-corrected chi connectivity index (χ1v) is 9.33. The van der Waals surface area contributed by atoms with E-state index in [4.69, 9.17) is 14.0 Å². The molecule has 1 aliphatic rings. The van der Waals surface area contributed by atoms with Crippen molar-refractivity contribution < 1.29 is 28.4 Å². The Morgan fingerprint density at radius 1 is 1.30 bits per heavy atom. The number of carbonyl (C=O) groups is 3. The average molecular weight is 416 g/mol. The summed E-state index contributed by atoms with van der Waals surface area (Å²) < 4.78 is 15.5. The lowest BCUT2D eigenvalue weighted by Crippen LogP contribution is -2.39. The van der Waals surface area contributed by atoms with Gasteiger partial charge in [0.25, 0.3) is 0 Å². The zero-order valence-electron chi connectivity index (χ0n) is 17.3. The summed E-state index contributed by atoms with van der Waals surface area (Å²) in [5, 5.41) is 6.25. The second kappa shape index (κ2) is 8.85. The molecule has 10 heteroatoms. The monoisotopic (exact) mass is 416 g/mol. The van der Waals surface area contributed by atoms with Crippen molar-refractivity contribution in [2.45, 2.75) is 13.3 Å². The van der Waals surface area contributed by atoms with Gasteiger partial charge in [-0.1, -0.05) is 5.16 Å². The van der Waals surface area contributed by atoms with E-state index in [0.717, 1.165) is 0 Å². The highest BCUT2D eigenvalue weighted by Gasteiger charge is 2.38. The van der Waals surface area contributed by atoms with E-state index in [-0.39, 0.29) is 37.1 Å². The van der Waals surface area contributed by atoms with Gasteiger partial charge in [0.1, 0.15) is 17.3 Å². The Labute approximate surface area is 173 Å². The van der Waals surface area contributed by atoms with Crippen molar-refractivity contribution >= 4 is 29.2 Å². The molecule has 0 bridgehead atoms. The number of hydrogen-bond acceptors (Lipinski definition) is 7. The molecule has 0 spiro atoms. The molecule has 1 saturated heterocycles. The van der Waals surface area contributed by atoms with E-state index >= 15 is 0 Å². The molecular weight excluding hydrogens is 392 g/mol. The molecule has 1 aromatic heterocycles. The predicted octanol–water partition coefficient (Wildman–Crippen LogP) is 1.45. The van der Waals surface area contributed by atoms with Crippen LogP contribution in [0.2, 0.25) is 0 Å². The molecule has 2 aromatic rings. The number of aryl methyl sites for hydroxylation is 1. The minimum atomic E-state index is -0.569. The predicted molar refractivity (Wildman–Crippen MR) is 108 cm³/mol. The first-order chi connectivity index (χ1) is 14.3. The highest BCUT2D eigenvalue weighted by Crippen LogP contribution is 2.36. The van der Waals surface area contributed by atoms with Crippen molar-refractivity contribution in [2.75, 3.05) is 44.6 Å². The molecule has 0 aliphatic carbocycles. The fraction of sp³-hybridized carbons (Fsp3) is 0.400. The lowest BCUT2D eigenvalue weighted by molar-refractivity contribution is -0.137. The largest absolute Gasteiger partial charge is 0.497 e. The molecule has 1 unspecified atom stereocenters. The third-order valence-electron chi connectivity index (χ3n) is 4.80. The molecule has 10 nitrogen and oxygen atoms in total. The van der Waals surface area contributed by atoms with Gasteiger partial charge in [-0.25, -0.2) is 0 Å². The Balaban J connectivity index is 1.65. The summed E-state index contributed by atoms with van der Waals surface area (Å²) in [6.45, 7) is 1.73. The average Bonchev–Trinajstić information content (AvgIpc) is 3.31. The number of likely N-dealkylation sites (N-methyl/N-ethyl adjacent to an activating group) is 1. The summed E-state index contributed by atoms with van der Waals surface area (Å²) in [6.07, 6.45) is 0.0492. The van der Waals surface area contributed by atoms with Gasteiger partial charge in [0, 0.05) is 32.1 Å². The quantitative estimate of drug-likeness (QED) is 0.727. The van der Waals surface area contributed by atoms with E-state index in [1.165, 1.54) is 31.1 Å². The van der Waals surface area contributed by atoms with E-state index < -0.39 is 11.8 Å². The van der Waals surface area contributed by atoms with Crippen LogP contribution in [-0.2, 0) is 14.4 Å². The molecule has 1 aliphatic heterocycles. The lowest BCUT2D eigenvalue weighted by Gasteiger charge is -2.22. The van der Waals surface area contributed by atoms with Crippen LogP contribution in [0.5, 0.6) is 11.5 Å². The van der Waals surface area contributed by atoms with Crippen molar-refractivity contribution in [2.24, 2.45) is 5.92 Å². The summed E-state index contributed by atoms with van der Waals surface area (Å²) in [5.41, 5.74) is 0.541. The van der Waals surface area contributed by atoms with Crippen LogP contribution in [0.4, 0.5) is 11.5 Å². The first-order valence-electron chi connectivity index (χ1n) is 9.33. The third-order valence-corrected chi connectivity index (χ3v) is 4.80. The number of hydrogen-bond donors (Lipinski definition) is 1. The van der Waals surface area contributed by atoms with Crippen LogP contribution in [-0.4, -0.2) is 62.1 Å². The minimum Gasteiger partial charge on any atom is -0.497 e. The Kier molecular flexibility index (Phi) is 6.24. The van der Waals surface area contributed by atoms with E-state index in [0.29, 0.717) is 22.9 Å². The fourth-order valence-electron chi connectivity index (χ4n) is 3.33. The minimum absolute atomic E-state index is 0.0492. The normalized spacial score (nSPS) is 15.8. The standard InChI is InChI=1S/C20H24N4O6/c1-12-7-17(22-30-12)21-18(25)11-23(2)20(27)13-8-19(26)24(10-13)15-9-14(28-3)5-6-16(15)29-4/h5-7,9,13H,8,10-11H2,1-4H3,(H,21,22,25). The maximum absolute atomic E-state index is 12.8. The van der Waals surface area contributed by atoms with Gasteiger partial charge in [-0.3, -0.25) is 14.4 Å². The fourth-order valence-corrected chi connectivity index (χ4v) is 3.33. The van der Waals surface area contributed by atoms with E-state index in [9.17, 15) is 14.4 Å². The Bertz CT molecular complexity index is 957. The van der Waals surface area contributed by atoms with Crippen molar-refractivity contribution in [1.29, 1.82) is 0 Å². The number of benzene rings is 1. The molecular formula is C20H24N4O6. The number of aromatic nitrogens is 1. The molecule has 0 saturated carbocycles. The number of rotatable bonds is 7. The second-order valence-electron chi connectivity index (χ2n) is 7.01. The van der Waals surface area contributed by atoms with Gasteiger partial charge in [-0.15, -0.1) is 0 Å². The van der Waals surface area contributed by atoms with Crippen LogP contribution in [0.1, 0.15) is 12.2 Å². The summed E-state index contributed by atoms with van der Waals surface area (Å²) in [5.74, 6) is 0.460. The van der Waals surface area contributed by atoms with Crippen molar-refractivity contribution in [1.82, 2.24) is 10.1 Å². The van der Waals surface area contributed by atoms with E-state index in [1.54, 1.807) is 31.2 Å². The molecule has 2 heterocycles. The maximum Gasteiger partial charge on any atom is 0.245 e. The molecule has 3 amide bonds. The summed E-state index contributed by atoms with van der Waals surface area (Å²) in [4.78, 5) is 40.4. The third kappa shape index (κ3) is 4.53. The van der Waals surface area contributed by atoms with Crippen LogP contribution < -0.4 is 19.7 Å². The SMILES string of the molecule is COc1ccc(OC)c(N2CC(C(=O)N(C)CC(=O)Nc3cc(C)on3)CC2=O)c1. The summed E-state index contributed by atoms with van der Waals surface area (Å²) in [7, 11) is 4.57. The van der Waals surface area contributed by atoms with Gasteiger partial charge in [0.15, 0.2) is 5.82 Å². The lowest BCUT2D eigenvalue weighted by atomic mass is 10.1. The van der Waals surface area contributed by atoms with Crippen LogP contribution >= 0.6 is 0 Å². The summed E-state index contributed by atoms with van der Waals surface area (Å²) in [6, 6.07) is 6.71. The smallest absolute Gasteiger partial charge is 0.245 e. The van der Waals surface area contributed by atoms with Crippen LogP contribution in [0.15, 0.2) is 28.8 Å². The van der Waals surface area contributed by atoms with Crippen molar-refractivity contribution in [3.63, 3.8) is 0 Å². The Morgan fingerprint density at radius 3 is 2.70 bits per heavy atom. The first kappa shape index (κ1) is 21.2. The zero-order valence-corrected chi connectivity index (χ0v) is 17.3. The number of amides is 3. The van der Waals surface area contributed by atoms with Crippen molar-refractivity contribution in [3.8, 4) is 11.5 Å². The Hall–Kier alpha value is -3.56. The highest BCUT2D eigenvalue weighted by atomic mass is 16.5. The highest BCUT2D eigenvalue weighted by molar-refractivity contribution is 6.02. The van der Waals surface area contributed by atoms with Crippen LogP contribution in [0.25, 0.3) is 0 Å². The molecule has 30 heavy (non-hydrogen) atoms. The van der Waals surface area contributed by atoms with Crippen LogP contribution in [0.3, 0.4) is 0 Å². The van der Waals surface area contributed by atoms with Gasteiger partial charge in [-0.05, 0) is 19.1 Å². The van der Waals surface area contributed by atoms with Gasteiger partial charge >= 0.3 is 0 Å². The maximum atomic E-state index is 12.8. The molecule has 1 N–H and O–H groups in total. The van der Waals surface area contributed by atoms with Gasteiger partial charge in [0.2, 0.25) is 17.7 Å². The van der Waals surface area contributed by atoms with Gasteiger partial charge < -0.3 is 29.1 Å². The number of nitrogens with one attached hydrogen (secondary N) is 1. The van der Waals surface area contributed by atoms with Crippen LogP contribution in [0, 0.1) is 12.8 Å². The second-order valence-corrected chi connectivity index (χ2v) is 7.01. The van der Waals surface area contributed by atoms with E-state index in [2.05, 4.69) is 10.5 Å². The zero-order chi connectivity index (χ0) is 21.8. The number of anilines is 2. The molecule has 3 rings (SSSR count). The molecule has 1 atom stereocenters. The molecule has 160 valence electrons. The van der Waals surface area contributed by atoms with E-state index in [1.807, 2.05) is 0 Å². The molecule has 1 aromatic carbocycles. The number of methoxy groups -OCH3 is 2. The number of carbonyl (C=O) groups excluding carboxylic acids is 3. The number of nitrogens with zero attached hydrogens (tertiary/aromatic N) is 3. The topological polar surface area (TPSA) is 114 Å². The summed E-state index contributed by atoms with van der Waals surface area (Å²) >= 11 is 0. The molecule has 1 fully saturated rings. The molecule has 0 radical (unpaired) electrons. The van der Waals surface area contributed by atoms with Gasteiger partial charge in [-0.2, -0.15) is 0 Å². The van der Waals surface area contributed by atoms with Crippen molar-refractivity contribution in [3.05, 3.63) is 30.0 Å². The Morgan fingerprint density at radius 2 is 2.07 bits per heavy atom. The van der Waals surface area contributed by atoms with Gasteiger partial charge in [0.05, 0.1) is 32.4 Å². The number of ether oxygens (including phenoxy) is 2.